The van der Waals surface area contributed by atoms with E-state index in [0.29, 0.717) is 30.0 Å². The Kier molecular flexibility index (Phi) is 3.21. The Morgan fingerprint density at radius 2 is 1.86 bits per heavy atom. The molecule has 4 aliphatic carbocycles. The van der Waals surface area contributed by atoms with Crippen molar-refractivity contribution in [2.24, 2.45) is 28.6 Å². The summed E-state index contributed by atoms with van der Waals surface area (Å²) < 4.78 is 0. The molecule has 4 aliphatic rings. The van der Waals surface area contributed by atoms with E-state index in [1.807, 2.05) is 6.08 Å². The van der Waals surface area contributed by atoms with Crippen LogP contribution in [0.15, 0.2) is 11.6 Å². The summed E-state index contributed by atoms with van der Waals surface area (Å²) >= 11 is 4.85. The lowest BCUT2D eigenvalue weighted by molar-refractivity contribution is -0.132. The van der Waals surface area contributed by atoms with Crippen LogP contribution in [0.5, 0.6) is 0 Å². The molecule has 0 bridgehead atoms. The Bertz CT molecular complexity index is 580. The molecule has 6 atom stereocenters. The van der Waals surface area contributed by atoms with Gasteiger partial charge >= 0.3 is 0 Å². The third-order valence-corrected chi connectivity index (χ3v) is 8.50. The number of hydrogen-bond donors (Lipinski definition) is 1. The average molecular weight is 318 g/mol. The summed E-state index contributed by atoms with van der Waals surface area (Å²) in [5.74, 6) is 2.57. The van der Waals surface area contributed by atoms with Gasteiger partial charge in [0.15, 0.2) is 5.78 Å². The Morgan fingerprint density at radius 3 is 2.64 bits per heavy atom. The lowest BCUT2D eigenvalue weighted by Crippen LogP contribution is -2.54. The molecule has 3 heteroatoms. The van der Waals surface area contributed by atoms with Gasteiger partial charge in [-0.1, -0.05) is 19.4 Å². The second-order valence-corrected chi connectivity index (χ2v) is 9.10. The summed E-state index contributed by atoms with van der Waals surface area (Å²) in [6, 6.07) is 0. The molecule has 120 valence electrons. The molecular weight excluding hydrogens is 292 g/mol. The van der Waals surface area contributed by atoms with E-state index in [4.69, 9.17) is 12.6 Å². The fourth-order valence-electron chi connectivity index (χ4n) is 6.38. The standard InChI is InChI=1S/C19H26O2S/c1-18-8-7-15-13(14(18)5-6-16(18)21)4-3-11-9-12(20)10-17(22)19(11,15)2/h9,13-15,17,22H,3-8,10H2,1-2H3/t13-,14-,15-,17?,18-,19-/m0/s1. The molecule has 4 rings (SSSR count). The van der Waals surface area contributed by atoms with E-state index >= 15 is 0 Å². The molecule has 3 saturated carbocycles. The summed E-state index contributed by atoms with van der Waals surface area (Å²) in [5.41, 5.74) is 1.35. The molecule has 0 aromatic heterocycles. The highest BCUT2D eigenvalue weighted by Gasteiger charge is 2.60. The summed E-state index contributed by atoms with van der Waals surface area (Å²) in [7, 11) is 0. The van der Waals surface area contributed by atoms with Crippen molar-refractivity contribution in [1.82, 2.24) is 0 Å². The molecule has 0 amide bonds. The molecule has 3 fully saturated rings. The van der Waals surface area contributed by atoms with Crippen molar-refractivity contribution in [3.05, 3.63) is 11.6 Å². The third kappa shape index (κ3) is 1.75. The average Bonchev–Trinajstić information content (AvgIpc) is 2.77. The van der Waals surface area contributed by atoms with Gasteiger partial charge in [0.05, 0.1) is 0 Å². The second kappa shape index (κ2) is 4.72. The quantitative estimate of drug-likeness (QED) is 0.685. The highest BCUT2D eigenvalue weighted by Crippen LogP contribution is 2.64. The molecule has 0 aliphatic heterocycles. The minimum absolute atomic E-state index is 0.0602. The van der Waals surface area contributed by atoms with Crippen molar-refractivity contribution in [2.45, 2.75) is 64.0 Å². The summed E-state index contributed by atoms with van der Waals surface area (Å²) in [4.78, 5) is 24.3. The van der Waals surface area contributed by atoms with Gasteiger partial charge in [0.1, 0.15) is 5.78 Å². The van der Waals surface area contributed by atoms with Crippen molar-refractivity contribution >= 4 is 24.2 Å². The second-order valence-electron chi connectivity index (χ2n) is 8.47. The maximum atomic E-state index is 12.4. The molecule has 22 heavy (non-hydrogen) atoms. The normalized spacial score (nSPS) is 51.0. The van der Waals surface area contributed by atoms with Gasteiger partial charge in [-0.2, -0.15) is 12.6 Å². The van der Waals surface area contributed by atoms with Gasteiger partial charge in [0.2, 0.25) is 0 Å². The minimum Gasteiger partial charge on any atom is -0.299 e. The van der Waals surface area contributed by atoms with Crippen molar-refractivity contribution < 1.29 is 9.59 Å². The topological polar surface area (TPSA) is 34.1 Å². The Labute approximate surface area is 138 Å². The SMILES string of the molecule is C[C@]12CC[C@H]3[C@@H](CCC4=CC(=O)CC(S)[C@@]43C)[C@@H]1CCC2=O. The van der Waals surface area contributed by atoms with Gasteiger partial charge in [-0.3, -0.25) is 9.59 Å². The van der Waals surface area contributed by atoms with Gasteiger partial charge in [-0.25, -0.2) is 0 Å². The van der Waals surface area contributed by atoms with Crippen molar-refractivity contribution in [1.29, 1.82) is 0 Å². The number of fused-ring (bicyclic) bond motifs is 5. The van der Waals surface area contributed by atoms with Gasteiger partial charge in [0, 0.05) is 28.9 Å². The minimum atomic E-state index is -0.0602. The van der Waals surface area contributed by atoms with Crippen LogP contribution in [-0.4, -0.2) is 16.8 Å². The largest absolute Gasteiger partial charge is 0.299 e. The highest BCUT2D eigenvalue weighted by atomic mass is 32.1. The highest BCUT2D eigenvalue weighted by molar-refractivity contribution is 7.81. The van der Waals surface area contributed by atoms with Crippen LogP contribution in [0, 0.1) is 28.6 Å². The smallest absolute Gasteiger partial charge is 0.156 e. The van der Waals surface area contributed by atoms with Crippen LogP contribution >= 0.6 is 12.6 Å². The van der Waals surface area contributed by atoms with Crippen molar-refractivity contribution in [3.8, 4) is 0 Å². The molecule has 0 aromatic carbocycles. The lowest BCUT2D eigenvalue weighted by Gasteiger charge is -2.58. The number of ketones is 2. The van der Waals surface area contributed by atoms with Crippen LogP contribution < -0.4 is 0 Å². The first-order chi connectivity index (χ1) is 10.4. The fourth-order valence-corrected chi connectivity index (χ4v) is 6.92. The van der Waals surface area contributed by atoms with Crippen molar-refractivity contribution in [3.63, 3.8) is 0 Å². The molecule has 0 saturated heterocycles. The maximum Gasteiger partial charge on any atom is 0.156 e. The van der Waals surface area contributed by atoms with E-state index in [-0.39, 0.29) is 21.9 Å². The number of carbonyl (C=O) groups is 2. The van der Waals surface area contributed by atoms with Crippen LogP contribution in [0.1, 0.15) is 58.8 Å². The van der Waals surface area contributed by atoms with Crippen LogP contribution in [-0.2, 0) is 9.59 Å². The van der Waals surface area contributed by atoms with E-state index < -0.39 is 0 Å². The summed E-state index contributed by atoms with van der Waals surface area (Å²) in [6.07, 6.45) is 8.73. The van der Waals surface area contributed by atoms with Crippen LogP contribution in [0.25, 0.3) is 0 Å². The van der Waals surface area contributed by atoms with Crippen LogP contribution in [0.4, 0.5) is 0 Å². The van der Waals surface area contributed by atoms with E-state index in [9.17, 15) is 9.59 Å². The predicted octanol–water partition coefficient (Wildman–Crippen LogP) is 4.00. The van der Waals surface area contributed by atoms with Crippen LogP contribution in [0.2, 0.25) is 0 Å². The van der Waals surface area contributed by atoms with Gasteiger partial charge < -0.3 is 0 Å². The van der Waals surface area contributed by atoms with E-state index in [1.165, 1.54) is 5.57 Å². The maximum absolute atomic E-state index is 12.4. The summed E-state index contributed by atoms with van der Waals surface area (Å²) in [6.45, 7) is 4.57. The Hall–Kier alpha value is -0.570. The molecular formula is C19H26O2S. The first-order valence-electron chi connectivity index (χ1n) is 8.82. The summed E-state index contributed by atoms with van der Waals surface area (Å²) in [5, 5.41) is 0.147. The van der Waals surface area contributed by atoms with Gasteiger partial charge in [-0.15, -0.1) is 0 Å². The zero-order valence-corrected chi connectivity index (χ0v) is 14.5. The zero-order valence-electron chi connectivity index (χ0n) is 13.6. The lowest BCUT2D eigenvalue weighted by atomic mass is 9.47. The number of thiol groups is 1. The van der Waals surface area contributed by atoms with Gasteiger partial charge in [0.25, 0.3) is 0 Å². The molecule has 2 nitrogen and oxygen atoms in total. The first-order valence-corrected chi connectivity index (χ1v) is 9.34. The van der Waals surface area contributed by atoms with Crippen molar-refractivity contribution in [2.75, 3.05) is 0 Å². The zero-order chi connectivity index (χ0) is 15.7. The Balaban J connectivity index is 1.73. The van der Waals surface area contributed by atoms with E-state index in [0.717, 1.165) is 38.5 Å². The molecule has 0 radical (unpaired) electrons. The van der Waals surface area contributed by atoms with E-state index in [2.05, 4.69) is 13.8 Å². The number of carbonyl (C=O) groups excluding carboxylic acids is 2. The number of rotatable bonds is 0. The Morgan fingerprint density at radius 1 is 1.09 bits per heavy atom. The molecule has 1 unspecified atom stereocenters. The molecule has 0 aromatic rings. The third-order valence-electron chi connectivity index (χ3n) is 7.78. The first kappa shape index (κ1) is 15.0. The molecule has 0 heterocycles. The van der Waals surface area contributed by atoms with Crippen LogP contribution in [0.3, 0.4) is 0 Å². The number of hydrogen-bond acceptors (Lipinski definition) is 3. The fraction of sp³-hybridized carbons (Fsp3) is 0.789. The van der Waals surface area contributed by atoms with Gasteiger partial charge in [-0.05, 0) is 55.9 Å². The number of Topliss-reactive ketones (excluding diaryl/α,β-unsaturated/α-hetero) is 1. The monoisotopic (exact) mass is 318 g/mol. The number of allylic oxidation sites excluding steroid dienone is 1. The molecule has 0 spiro atoms. The van der Waals surface area contributed by atoms with E-state index in [1.54, 1.807) is 0 Å². The predicted molar refractivity (Wildman–Crippen MR) is 89.9 cm³/mol. The molecule has 0 N–H and O–H groups in total.